The molecule has 5 heteroatoms. The maximum absolute atomic E-state index is 12.3. The Balaban J connectivity index is 1.64. The van der Waals surface area contributed by atoms with Crippen molar-refractivity contribution in [3.05, 3.63) is 59.7 Å². The van der Waals surface area contributed by atoms with Crippen molar-refractivity contribution in [3.63, 3.8) is 0 Å². The molecular weight excluding hydrogens is 292 g/mol. The van der Waals surface area contributed by atoms with E-state index in [1.165, 1.54) is 0 Å². The summed E-state index contributed by atoms with van der Waals surface area (Å²) in [6.45, 7) is 2.22. The van der Waals surface area contributed by atoms with Crippen LogP contribution in [0.4, 0.5) is 0 Å². The SMILES string of the molecule is CCC(C(=O)NN=Cc1ccc2c(c1)OCO2)c1ccccc1. The van der Waals surface area contributed by atoms with E-state index in [2.05, 4.69) is 10.5 Å². The van der Waals surface area contributed by atoms with Gasteiger partial charge in [-0.3, -0.25) is 4.79 Å². The van der Waals surface area contributed by atoms with E-state index < -0.39 is 0 Å². The molecule has 0 aliphatic carbocycles. The molecule has 1 aliphatic rings. The van der Waals surface area contributed by atoms with Crippen LogP contribution in [0.25, 0.3) is 0 Å². The van der Waals surface area contributed by atoms with Crippen molar-refractivity contribution < 1.29 is 14.3 Å². The molecule has 0 saturated heterocycles. The zero-order chi connectivity index (χ0) is 16.1. The molecule has 0 aromatic heterocycles. The first-order valence-electron chi connectivity index (χ1n) is 7.55. The summed E-state index contributed by atoms with van der Waals surface area (Å²) in [5.74, 6) is 1.10. The van der Waals surface area contributed by atoms with Crippen molar-refractivity contribution in [2.24, 2.45) is 5.10 Å². The maximum atomic E-state index is 12.3. The number of carbonyl (C=O) groups is 1. The summed E-state index contributed by atoms with van der Waals surface area (Å²) in [6, 6.07) is 15.2. The van der Waals surface area contributed by atoms with E-state index in [0.717, 1.165) is 23.3 Å². The zero-order valence-electron chi connectivity index (χ0n) is 12.9. The van der Waals surface area contributed by atoms with Crippen LogP contribution in [0.1, 0.15) is 30.4 Å². The number of hydrazone groups is 1. The molecule has 1 aliphatic heterocycles. The summed E-state index contributed by atoms with van der Waals surface area (Å²) >= 11 is 0. The quantitative estimate of drug-likeness (QED) is 0.682. The van der Waals surface area contributed by atoms with Crippen molar-refractivity contribution in [1.82, 2.24) is 5.43 Å². The van der Waals surface area contributed by atoms with E-state index in [1.807, 2.05) is 55.5 Å². The third-order valence-corrected chi connectivity index (χ3v) is 3.71. The lowest BCUT2D eigenvalue weighted by atomic mass is 9.96. The van der Waals surface area contributed by atoms with Crippen LogP contribution in [0.2, 0.25) is 0 Å². The molecule has 118 valence electrons. The first-order valence-corrected chi connectivity index (χ1v) is 7.55. The van der Waals surface area contributed by atoms with E-state index in [9.17, 15) is 4.79 Å². The normalized spacial score (nSPS) is 14.0. The largest absolute Gasteiger partial charge is 0.454 e. The second-order valence-corrected chi connectivity index (χ2v) is 5.22. The summed E-state index contributed by atoms with van der Waals surface area (Å²) in [5, 5.41) is 4.04. The highest BCUT2D eigenvalue weighted by atomic mass is 16.7. The van der Waals surface area contributed by atoms with Crippen LogP contribution in [-0.4, -0.2) is 18.9 Å². The number of fused-ring (bicyclic) bond motifs is 1. The molecule has 0 bridgehead atoms. The molecule has 2 aromatic rings. The number of nitrogens with zero attached hydrogens (tertiary/aromatic N) is 1. The summed E-state index contributed by atoms with van der Waals surface area (Å²) in [7, 11) is 0. The molecule has 2 aromatic carbocycles. The van der Waals surface area contributed by atoms with Gasteiger partial charge in [-0.15, -0.1) is 0 Å². The molecule has 1 amide bonds. The van der Waals surface area contributed by atoms with Gasteiger partial charge in [-0.05, 0) is 35.7 Å². The Kier molecular flexibility index (Phi) is 4.57. The molecule has 0 spiro atoms. The molecule has 0 fully saturated rings. The molecule has 1 N–H and O–H groups in total. The minimum absolute atomic E-state index is 0.115. The van der Waals surface area contributed by atoms with Crippen LogP contribution in [0.15, 0.2) is 53.6 Å². The zero-order valence-corrected chi connectivity index (χ0v) is 12.9. The van der Waals surface area contributed by atoms with Crippen LogP contribution < -0.4 is 14.9 Å². The fourth-order valence-electron chi connectivity index (χ4n) is 2.50. The second-order valence-electron chi connectivity index (χ2n) is 5.22. The van der Waals surface area contributed by atoms with Crippen molar-refractivity contribution in [1.29, 1.82) is 0 Å². The first kappa shape index (κ1) is 15.1. The van der Waals surface area contributed by atoms with E-state index >= 15 is 0 Å². The van der Waals surface area contributed by atoms with Gasteiger partial charge in [0.25, 0.3) is 0 Å². The van der Waals surface area contributed by atoms with Gasteiger partial charge in [-0.1, -0.05) is 37.3 Å². The number of rotatable bonds is 5. The van der Waals surface area contributed by atoms with Crippen LogP contribution >= 0.6 is 0 Å². The van der Waals surface area contributed by atoms with Gasteiger partial charge in [-0.2, -0.15) is 5.10 Å². The minimum Gasteiger partial charge on any atom is -0.454 e. The first-order chi connectivity index (χ1) is 11.3. The highest BCUT2D eigenvalue weighted by Gasteiger charge is 2.17. The Bertz CT molecular complexity index is 713. The third-order valence-electron chi connectivity index (χ3n) is 3.71. The number of carbonyl (C=O) groups excluding carboxylic acids is 1. The summed E-state index contributed by atoms with van der Waals surface area (Å²) in [4.78, 5) is 12.3. The van der Waals surface area contributed by atoms with Crippen LogP contribution in [0.5, 0.6) is 11.5 Å². The van der Waals surface area contributed by atoms with Crippen molar-refractivity contribution in [2.45, 2.75) is 19.3 Å². The molecule has 0 radical (unpaired) electrons. The van der Waals surface area contributed by atoms with Gasteiger partial charge in [0.1, 0.15) is 0 Å². The van der Waals surface area contributed by atoms with E-state index in [-0.39, 0.29) is 18.6 Å². The number of amides is 1. The van der Waals surface area contributed by atoms with E-state index in [0.29, 0.717) is 5.75 Å². The highest BCUT2D eigenvalue weighted by Crippen LogP contribution is 2.31. The second kappa shape index (κ2) is 6.96. The maximum Gasteiger partial charge on any atom is 0.247 e. The number of hydrogen-bond donors (Lipinski definition) is 1. The predicted octanol–water partition coefficient (Wildman–Crippen LogP) is 3.06. The topological polar surface area (TPSA) is 59.9 Å². The number of hydrogen-bond acceptors (Lipinski definition) is 4. The summed E-state index contributed by atoms with van der Waals surface area (Å²) < 4.78 is 10.6. The lowest BCUT2D eigenvalue weighted by Crippen LogP contribution is -2.25. The highest BCUT2D eigenvalue weighted by molar-refractivity contribution is 5.86. The van der Waals surface area contributed by atoms with Gasteiger partial charge in [0, 0.05) is 0 Å². The molecule has 0 saturated carbocycles. The molecule has 1 heterocycles. The lowest BCUT2D eigenvalue weighted by Gasteiger charge is -2.12. The van der Waals surface area contributed by atoms with Crippen LogP contribution in [-0.2, 0) is 4.79 Å². The van der Waals surface area contributed by atoms with Crippen molar-refractivity contribution in [2.75, 3.05) is 6.79 Å². The van der Waals surface area contributed by atoms with Crippen molar-refractivity contribution >= 4 is 12.1 Å². The Morgan fingerprint density at radius 3 is 2.78 bits per heavy atom. The van der Waals surface area contributed by atoms with Gasteiger partial charge in [0.2, 0.25) is 12.7 Å². The molecule has 23 heavy (non-hydrogen) atoms. The Morgan fingerprint density at radius 2 is 2.00 bits per heavy atom. The molecule has 1 atom stereocenters. The smallest absolute Gasteiger partial charge is 0.247 e. The standard InChI is InChI=1S/C18H18N2O3/c1-2-15(14-6-4-3-5-7-14)18(21)20-19-11-13-8-9-16-17(10-13)23-12-22-16/h3-11,15H,2,12H2,1H3,(H,20,21). The van der Waals surface area contributed by atoms with Crippen LogP contribution in [0.3, 0.4) is 0 Å². The fourth-order valence-corrected chi connectivity index (χ4v) is 2.50. The minimum atomic E-state index is -0.204. The Labute approximate surface area is 134 Å². The van der Waals surface area contributed by atoms with E-state index in [4.69, 9.17) is 9.47 Å². The van der Waals surface area contributed by atoms with Gasteiger partial charge < -0.3 is 9.47 Å². The molecule has 3 rings (SSSR count). The predicted molar refractivity (Wildman–Crippen MR) is 87.8 cm³/mol. The summed E-state index contributed by atoms with van der Waals surface area (Å²) in [6.07, 6.45) is 2.31. The number of benzene rings is 2. The monoisotopic (exact) mass is 310 g/mol. The van der Waals surface area contributed by atoms with Gasteiger partial charge in [0.05, 0.1) is 12.1 Å². The number of nitrogens with one attached hydrogen (secondary N) is 1. The lowest BCUT2D eigenvalue weighted by molar-refractivity contribution is -0.122. The van der Waals surface area contributed by atoms with Crippen LogP contribution in [0, 0.1) is 0 Å². The Hall–Kier alpha value is -2.82. The molecule has 1 unspecified atom stereocenters. The number of ether oxygens (including phenoxy) is 2. The van der Waals surface area contributed by atoms with Gasteiger partial charge in [0.15, 0.2) is 11.5 Å². The van der Waals surface area contributed by atoms with E-state index in [1.54, 1.807) is 6.21 Å². The molecule has 5 nitrogen and oxygen atoms in total. The summed E-state index contributed by atoms with van der Waals surface area (Å²) in [5.41, 5.74) is 4.43. The van der Waals surface area contributed by atoms with Gasteiger partial charge >= 0.3 is 0 Å². The van der Waals surface area contributed by atoms with Gasteiger partial charge in [-0.25, -0.2) is 5.43 Å². The third kappa shape index (κ3) is 3.51. The Morgan fingerprint density at radius 1 is 1.22 bits per heavy atom. The average molecular weight is 310 g/mol. The van der Waals surface area contributed by atoms with Crippen molar-refractivity contribution in [3.8, 4) is 11.5 Å². The molecular formula is C18H18N2O3. The average Bonchev–Trinajstić information content (AvgIpc) is 3.04. The fraction of sp³-hybridized carbons (Fsp3) is 0.222.